The molecule has 1 aliphatic heterocycles. The van der Waals surface area contributed by atoms with Crippen molar-refractivity contribution in [1.29, 1.82) is 0 Å². The Morgan fingerprint density at radius 3 is 2.89 bits per heavy atom. The molecule has 1 fully saturated rings. The van der Waals surface area contributed by atoms with Crippen LogP contribution in [0.25, 0.3) is 0 Å². The third-order valence-electron chi connectivity index (χ3n) is 3.24. The molecule has 0 spiro atoms. The molecule has 2 rings (SSSR count). The Morgan fingerprint density at radius 2 is 2.28 bits per heavy atom. The minimum atomic E-state index is 0.154. The van der Waals surface area contributed by atoms with Crippen molar-refractivity contribution in [2.75, 3.05) is 13.2 Å². The van der Waals surface area contributed by atoms with E-state index in [4.69, 9.17) is 4.74 Å². The zero-order chi connectivity index (χ0) is 13.0. The quantitative estimate of drug-likeness (QED) is 0.911. The number of aromatic nitrogens is 1. The van der Waals surface area contributed by atoms with Crippen molar-refractivity contribution in [3.05, 3.63) is 16.1 Å². The second-order valence-electron chi connectivity index (χ2n) is 6.00. The molecule has 2 heterocycles. The third kappa shape index (κ3) is 4.04. The second-order valence-corrected chi connectivity index (χ2v) is 6.94. The van der Waals surface area contributed by atoms with Crippen LogP contribution in [0.15, 0.2) is 5.38 Å². The molecule has 1 aromatic rings. The molecule has 0 radical (unpaired) electrons. The summed E-state index contributed by atoms with van der Waals surface area (Å²) in [5.74, 6) is 0. The van der Waals surface area contributed by atoms with Crippen LogP contribution in [0.4, 0.5) is 0 Å². The summed E-state index contributed by atoms with van der Waals surface area (Å²) < 4.78 is 5.70. The van der Waals surface area contributed by atoms with Crippen molar-refractivity contribution in [2.24, 2.45) is 0 Å². The Balaban J connectivity index is 1.74. The van der Waals surface area contributed by atoms with E-state index in [0.717, 1.165) is 19.7 Å². The first-order valence-corrected chi connectivity index (χ1v) is 7.71. The lowest BCUT2D eigenvalue weighted by molar-refractivity contribution is 0.0168. The molecule has 0 saturated carbocycles. The van der Waals surface area contributed by atoms with Crippen molar-refractivity contribution >= 4 is 11.3 Å². The monoisotopic (exact) mass is 268 g/mol. The standard InChI is InChI=1S/C14H24N2OS/c1-14(2,3)12-10-18-13(16-12)9-15-8-11-6-4-5-7-17-11/h10-11,15H,4-9H2,1-3H3. The average molecular weight is 268 g/mol. The predicted molar refractivity (Wildman–Crippen MR) is 76.1 cm³/mol. The van der Waals surface area contributed by atoms with Crippen molar-refractivity contribution in [3.8, 4) is 0 Å². The van der Waals surface area contributed by atoms with Crippen LogP contribution in [0.1, 0.15) is 50.7 Å². The first-order valence-electron chi connectivity index (χ1n) is 6.83. The van der Waals surface area contributed by atoms with Crippen LogP contribution in [-0.2, 0) is 16.7 Å². The minimum absolute atomic E-state index is 0.154. The van der Waals surface area contributed by atoms with Gasteiger partial charge >= 0.3 is 0 Å². The first-order chi connectivity index (χ1) is 8.55. The summed E-state index contributed by atoms with van der Waals surface area (Å²) in [7, 11) is 0. The van der Waals surface area contributed by atoms with Gasteiger partial charge in [-0.2, -0.15) is 0 Å². The maximum atomic E-state index is 5.70. The minimum Gasteiger partial charge on any atom is -0.377 e. The highest BCUT2D eigenvalue weighted by Gasteiger charge is 2.17. The van der Waals surface area contributed by atoms with Gasteiger partial charge in [0.05, 0.1) is 11.8 Å². The fourth-order valence-corrected chi connectivity index (χ4v) is 3.04. The molecule has 0 amide bonds. The number of rotatable bonds is 4. The fraction of sp³-hybridized carbons (Fsp3) is 0.786. The van der Waals surface area contributed by atoms with Gasteiger partial charge in [0.2, 0.25) is 0 Å². The van der Waals surface area contributed by atoms with Gasteiger partial charge in [0.25, 0.3) is 0 Å². The van der Waals surface area contributed by atoms with Crippen LogP contribution in [0.2, 0.25) is 0 Å². The summed E-state index contributed by atoms with van der Waals surface area (Å²) >= 11 is 1.75. The van der Waals surface area contributed by atoms with Crippen LogP contribution in [0, 0.1) is 0 Å². The molecule has 4 heteroatoms. The zero-order valence-electron chi connectivity index (χ0n) is 11.7. The summed E-state index contributed by atoms with van der Waals surface area (Å²) in [6.45, 7) is 9.35. The van der Waals surface area contributed by atoms with E-state index in [1.807, 2.05) is 0 Å². The summed E-state index contributed by atoms with van der Waals surface area (Å²) in [5, 5.41) is 6.81. The van der Waals surface area contributed by atoms with Gasteiger partial charge in [0, 0.05) is 30.5 Å². The molecule has 18 heavy (non-hydrogen) atoms. The Bertz CT molecular complexity index is 364. The van der Waals surface area contributed by atoms with Gasteiger partial charge in [0.1, 0.15) is 5.01 Å². The molecule has 0 bridgehead atoms. The summed E-state index contributed by atoms with van der Waals surface area (Å²) in [6.07, 6.45) is 4.12. The molecule has 0 aliphatic carbocycles. The number of hydrogen-bond acceptors (Lipinski definition) is 4. The van der Waals surface area contributed by atoms with E-state index in [1.165, 1.54) is 30.0 Å². The molecule has 1 aliphatic rings. The van der Waals surface area contributed by atoms with E-state index in [1.54, 1.807) is 11.3 Å². The number of nitrogens with zero attached hydrogens (tertiary/aromatic N) is 1. The van der Waals surface area contributed by atoms with Crippen LogP contribution < -0.4 is 5.32 Å². The van der Waals surface area contributed by atoms with E-state index in [9.17, 15) is 0 Å². The highest BCUT2D eigenvalue weighted by molar-refractivity contribution is 7.09. The number of ether oxygens (including phenoxy) is 1. The Morgan fingerprint density at radius 1 is 1.44 bits per heavy atom. The maximum Gasteiger partial charge on any atom is 0.107 e. The van der Waals surface area contributed by atoms with Gasteiger partial charge in [-0.05, 0) is 19.3 Å². The predicted octanol–water partition coefficient (Wildman–Crippen LogP) is 3.10. The van der Waals surface area contributed by atoms with E-state index >= 15 is 0 Å². The number of thiazole rings is 1. The van der Waals surface area contributed by atoms with Crippen molar-refractivity contribution in [2.45, 2.75) is 58.1 Å². The molecule has 1 atom stereocenters. The van der Waals surface area contributed by atoms with Crippen LogP contribution in [0.5, 0.6) is 0 Å². The Hall–Kier alpha value is -0.450. The first kappa shape index (κ1) is 14.0. The lowest BCUT2D eigenvalue weighted by atomic mass is 9.93. The fourth-order valence-electron chi connectivity index (χ4n) is 2.05. The largest absolute Gasteiger partial charge is 0.377 e. The zero-order valence-corrected chi connectivity index (χ0v) is 12.5. The normalized spacial score (nSPS) is 21.2. The van der Waals surface area contributed by atoms with Gasteiger partial charge < -0.3 is 10.1 Å². The van der Waals surface area contributed by atoms with E-state index in [0.29, 0.717) is 6.10 Å². The van der Waals surface area contributed by atoms with E-state index in [-0.39, 0.29) is 5.41 Å². The number of hydrogen-bond donors (Lipinski definition) is 1. The van der Waals surface area contributed by atoms with Gasteiger partial charge in [-0.15, -0.1) is 11.3 Å². The van der Waals surface area contributed by atoms with Crippen LogP contribution in [0.3, 0.4) is 0 Å². The Labute approximate surface area is 114 Å². The highest BCUT2D eigenvalue weighted by Crippen LogP contribution is 2.23. The average Bonchev–Trinajstić information content (AvgIpc) is 2.79. The molecule has 102 valence electrons. The van der Waals surface area contributed by atoms with Crippen molar-refractivity contribution < 1.29 is 4.74 Å². The van der Waals surface area contributed by atoms with Crippen molar-refractivity contribution in [1.82, 2.24) is 10.3 Å². The number of nitrogens with one attached hydrogen (secondary N) is 1. The SMILES string of the molecule is CC(C)(C)c1csc(CNCC2CCCCO2)n1. The van der Waals surface area contributed by atoms with Crippen molar-refractivity contribution in [3.63, 3.8) is 0 Å². The van der Waals surface area contributed by atoms with Crippen LogP contribution in [-0.4, -0.2) is 24.2 Å². The molecule has 1 unspecified atom stereocenters. The molecule has 1 aromatic heterocycles. The van der Waals surface area contributed by atoms with Crippen LogP contribution >= 0.6 is 11.3 Å². The van der Waals surface area contributed by atoms with Gasteiger partial charge in [-0.3, -0.25) is 0 Å². The summed E-state index contributed by atoms with van der Waals surface area (Å²) in [5.41, 5.74) is 1.35. The van der Waals surface area contributed by atoms with Gasteiger partial charge in [-0.1, -0.05) is 20.8 Å². The third-order valence-corrected chi connectivity index (χ3v) is 4.09. The molecule has 1 N–H and O–H groups in total. The maximum absolute atomic E-state index is 5.70. The highest BCUT2D eigenvalue weighted by atomic mass is 32.1. The van der Waals surface area contributed by atoms with E-state index < -0.39 is 0 Å². The Kier molecular flexibility index (Phi) is 4.76. The summed E-state index contributed by atoms with van der Waals surface area (Å²) in [6, 6.07) is 0. The lowest BCUT2D eigenvalue weighted by Crippen LogP contribution is -2.31. The smallest absolute Gasteiger partial charge is 0.107 e. The second kappa shape index (κ2) is 6.13. The molecular formula is C14H24N2OS. The lowest BCUT2D eigenvalue weighted by Gasteiger charge is -2.22. The van der Waals surface area contributed by atoms with E-state index in [2.05, 4.69) is 36.5 Å². The van der Waals surface area contributed by atoms with Gasteiger partial charge in [-0.25, -0.2) is 4.98 Å². The van der Waals surface area contributed by atoms with Gasteiger partial charge in [0.15, 0.2) is 0 Å². The molecular weight excluding hydrogens is 244 g/mol. The molecule has 0 aromatic carbocycles. The molecule has 1 saturated heterocycles. The molecule has 3 nitrogen and oxygen atoms in total. The topological polar surface area (TPSA) is 34.1 Å². The summed E-state index contributed by atoms with van der Waals surface area (Å²) in [4.78, 5) is 4.68.